The minimum Gasteiger partial charge on any atom is -0.496 e. The first-order chi connectivity index (χ1) is 11.2. The number of methoxy groups -OCH3 is 1. The minimum atomic E-state index is 0.00347. The van der Waals surface area contributed by atoms with Crippen molar-refractivity contribution in [3.05, 3.63) is 28.8 Å². The van der Waals surface area contributed by atoms with E-state index in [-0.39, 0.29) is 6.29 Å². The predicted octanol–water partition coefficient (Wildman–Crippen LogP) is 2.23. The largest absolute Gasteiger partial charge is 0.496 e. The molecule has 2 heterocycles. The van der Waals surface area contributed by atoms with Crippen molar-refractivity contribution in [1.29, 1.82) is 0 Å². The first kappa shape index (κ1) is 17.0. The Balaban J connectivity index is 1.44. The van der Waals surface area contributed by atoms with Gasteiger partial charge in [-0.15, -0.1) is 0 Å². The van der Waals surface area contributed by atoms with Gasteiger partial charge in [0.25, 0.3) is 0 Å². The van der Waals surface area contributed by atoms with Crippen LogP contribution >= 0.6 is 11.6 Å². The van der Waals surface area contributed by atoms with Crippen molar-refractivity contribution in [1.82, 2.24) is 9.80 Å². The number of hydrogen-bond donors (Lipinski definition) is 0. The van der Waals surface area contributed by atoms with E-state index in [0.29, 0.717) is 0 Å². The highest BCUT2D eigenvalue weighted by Crippen LogP contribution is 2.24. The van der Waals surface area contributed by atoms with Crippen LogP contribution < -0.4 is 4.74 Å². The fraction of sp³-hybridized carbons (Fsp3) is 0.647. The van der Waals surface area contributed by atoms with Crippen molar-refractivity contribution >= 4 is 11.6 Å². The zero-order chi connectivity index (χ0) is 16.1. The molecule has 0 saturated carbocycles. The summed E-state index contributed by atoms with van der Waals surface area (Å²) in [4.78, 5) is 4.93. The number of piperazine rings is 1. The van der Waals surface area contributed by atoms with Crippen molar-refractivity contribution in [3.63, 3.8) is 0 Å². The van der Waals surface area contributed by atoms with E-state index in [9.17, 15) is 0 Å². The Morgan fingerprint density at radius 1 is 1.13 bits per heavy atom. The molecule has 1 aromatic carbocycles. The van der Waals surface area contributed by atoms with E-state index in [2.05, 4.69) is 9.80 Å². The minimum absolute atomic E-state index is 0.00347. The van der Waals surface area contributed by atoms with Gasteiger partial charge in [-0.1, -0.05) is 11.6 Å². The summed E-state index contributed by atoms with van der Waals surface area (Å²) in [6.07, 6.45) is 0.964. The lowest BCUT2D eigenvalue weighted by Crippen LogP contribution is -2.46. The zero-order valence-electron chi connectivity index (χ0n) is 13.7. The van der Waals surface area contributed by atoms with Crippen molar-refractivity contribution in [3.8, 4) is 5.75 Å². The summed E-state index contributed by atoms with van der Waals surface area (Å²) in [5.74, 6) is 0.910. The first-order valence-corrected chi connectivity index (χ1v) is 8.63. The van der Waals surface area contributed by atoms with Crippen molar-refractivity contribution in [2.75, 3.05) is 53.0 Å². The first-order valence-electron chi connectivity index (χ1n) is 8.25. The average Bonchev–Trinajstić information content (AvgIpc) is 3.08. The fourth-order valence-corrected chi connectivity index (χ4v) is 3.34. The van der Waals surface area contributed by atoms with Crippen LogP contribution in [-0.4, -0.2) is 69.1 Å². The molecule has 2 aliphatic heterocycles. The van der Waals surface area contributed by atoms with Gasteiger partial charge in [0, 0.05) is 56.3 Å². The van der Waals surface area contributed by atoms with Crippen LogP contribution in [0.4, 0.5) is 0 Å². The maximum Gasteiger partial charge on any atom is 0.159 e. The highest BCUT2D eigenvalue weighted by Gasteiger charge is 2.21. The molecule has 128 valence electrons. The molecule has 0 atom stereocenters. The standard InChI is InChI=1S/C17H25ClN2O3/c1-21-16-3-2-15(18)12-14(16)13-20-8-6-19(7-9-20)5-4-17-22-10-11-23-17/h2-3,12,17H,4-11,13H2,1H3. The van der Waals surface area contributed by atoms with E-state index in [0.717, 1.165) is 75.2 Å². The van der Waals surface area contributed by atoms with Crippen LogP contribution in [0.5, 0.6) is 5.75 Å². The van der Waals surface area contributed by atoms with E-state index in [4.69, 9.17) is 25.8 Å². The fourth-order valence-electron chi connectivity index (χ4n) is 3.14. The summed E-state index contributed by atoms with van der Waals surface area (Å²) in [7, 11) is 1.71. The third-order valence-corrected chi connectivity index (χ3v) is 4.71. The van der Waals surface area contributed by atoms with Crippen LogP contribution in [0.2, 0.25) is 5.02 Å². The summed E-state index contributed by atoms with van der Waals surface area (Å²) in [5.41, 5.74) is 1.15. The number of benzene rings is 1. The Morgan fingerprint density at radius 2 is 1.83 bits per heavy atom. The van der Waals surface area contributed by atoms with Crippen LogP contribution in [0.3, 0.4) is 0 Å². The molecule has 5 nitrogen and oxygen atoms in total. The molecular weight excluding hydrogens is 316 g/mol. The Morgan fingerprint density at radius 3 is 2.52 bits per heavy atom. The Bertz CT molecular complexity index is 501. The number of hydrogen-bond acceptors (Lipinski definition) is 5. The molecule has 0 spiro atoms. The second-order valence-electron chi connectivity index (χ2n) is 6.03. The lowest BCUT2D eigenvalue weighted by Gasteiger charge is -2.35. The third kappa shape index (κ3) is 4.81. The van der Waals surface area contributed by atoms with Gasteiger partial charge in [0.05, 0.1) is 20.3 Å². The van der Waals surface area contributed by atoms with E-state index >= 15 is 0 Å². The van der Waals surface area contributed by atoms with Gasteiger partial charge in [-0.2, -0.15) is 0 Å². The third-order valence-electron chi connectivity index (χ3n) is 4.47. The van der Waals surface area contributed by atoms with Gasteiger partial charge >= 0.3 is 0 Å². The van der Waals surface area contributed by atoms with Gasteiger partial charge in [-0.25, -0.2) is 0 Å². The molecule has 0 N–H and O–H groups in total. The van der Waals surface area contributed by atoms with Crippen LogP contribution in [0.1, 0.15) is 12.0 Å². The van der Waals surface area contributed by atoms with E-state index < -0.39 is 0 Å². The lowest BCUT2D eigenvalue weighted by atomic mass is 10.1. The Labute approximate surface area is 143 Å². The molecule has 0 amide bonds. The number of ether oxygens (including phenoxy) is 3. The summed E-state index contributed by atoms with van der Waals surface area (Å²) in [5, 5.41) is 0.760. The maximum absolute atomic E-state index is 6.11. The molecule has 2 saturated heterocycles. The van der Waals surface area contributed by atoms with E-state index in [1.54, 1.807) is 7.11 Å². The highest BCUT2D eigenvalue weighted by atomic mass is 35.5. The molecule has 6 heteroatoms. The summed E-state index contributed by atoms with van der Waals surface area (Å²) in [6, 6.07) is 5.81. The molecule has 0 aliphatic carbocycles. The van der Waals surface area contributed by atoms with Crippen LogP contribution in [0.15, 0.2) is 18.2 Å². The average molecular weight is 341 g/mol. The van der Waals surface area contributed by atoms with Crippen molar-refractivity contribution in [2.45, 2.75) is 19.3 Å². The van der Waals surface area contributed by atoms with E-state index in [1.807, 2.05) is 18.2 Å². The molecule has 0 unspecified atom stereocenters. The molecule has 0 radical (unpaired) electrons. The topological polar surface area (TPSA) is 34.2 Å². The lowest BCUT2D eigenvalue weighted by molar-refractivity contribution is -0.0533. The smallest absolute Gasteiger partial charge is 0.159 e. The maximum atomic E-state index is 6.11. The van der Waals surface area contributed by atoms with Gasteiger partial charge in [0.1, 0.15) is 5.75 Å². The van der Waals surface area contributed by atoms with Gasteiger partial charge in [-0.05, 0) is 18.2 Å². The van der Waals surface area contributed by atoms with Crippen LogP contribution in [0.25, 0.3) is 0 Å². The molecular formula is C17H25ClN2O3. The second-order valence-corrected chi connectivity index (χ2v) is 6.47. The number of nitrogens with zero attached hydrogens (tertiary/aromatic N) is 2. The summed E-state index contributed by atoms with van der Waals surface area (Å²) in [6.45, 7) is 7.67. The predicted molar refractivity (Wildman–Crippen MR) is 90.0 cm³/mol. The number of rotatable bonds is 6. The molecule has 2 aliphatic rings. The second kappa shape index (κ2) is 8.31. The SMILES string of the molecule is COc1ccc(Cl)cc1CN1CCN(CCC2OCCO2)CC1. The highest BCUT2D eigenvalue weighted by molar-refractivity contribution is 6.30. The van der Waals surface area contributed by atoms with Gasteiger partial charge in [0.15, 0.2) is 6.29 Å². The van der Waals surface area contributed by atoms with Crippen molar-refractivity contribution in [2.24, 2.45) is 0 Å². The van der Waals surface area contributed by atoms with Crippen molar-refractivity contribution < 1.29 is 14.2 Å². The molecule has 0 bridgehead atoms. The molecule has 23 heavy (non-hydrogen) atoms. The van der Waals surface area contributed by atoms with Crippen LogP contribution in [-0.2, 0) is 16.0 Å². The normalized spacial score (nSPS) is 21.0. The Hall–Kier alpha value is -0.850. The molecule has 3 rings (SSSR count). The van der Waals surface area contributed by atoms with Crippen LogP contribution in [0, 0.1) is 0 Å². The molecule has 1 aromatic rings. The molecule has 2 fully saturated rings. The monoisotopic (exact) mass is 340 g/mol. The summed E-state index contributed by atoms with van der Waals surface area (Å²) < 4.78 is 16.4. The van der Waals surface area contributed by atoms with E-state index in [1.165, 1.54) is 0 Å². The van der Waals surface area contributed by atoms with Gasteiger partial charge in [0.2, 0.25) is 0 Å². The van der Waals surface area contributed by atoms with Gasteiger partial charge < -0.3 is 19.1 Å². The number of halogens is 1. The zero-order valence-corrected chi connectivity index (χ0v) is 14.4. The Kier molecular flexibility index (Phi) is 6.14. The molecule has 0 aromatic heterocycles. The summed E-state index contributed by atoms with van der Waals surface area (Å²) >= 11 is 6.11. The van der Waals surface area contributed by atoms with Gasteiger partial charge in [-0.3, -0.25) is 4.90 Å². The quantitative estimate of drug-likeness (QED) is 0.793.